The molecule has 0 aliphatic carbocycles. The van der Waals surface area contributed by atoms with Gasteiger partial charge in [0.05, 0.1) is 11.4 Å². The van der Waals surface area contributed by atoms with Gasteiger partial charge in [0.1, 0.15) is 5.75 Å². The summed E-state index contributed by atoms with van der Waals surface area (Å²) in [6.45, 7) is 0.0421. The lowest BCUT2D eigenvalue weighted by atomic mass is 10.1. The molecule has 0 radical (unpaired) electrons. The second kappa shape index (κ2) is 7.02. The highest BCUT2D eigenvalue weighted by Gasteiger charge is 2.23. The molecule has 0 fully saturated rings. The lowest BCUT2D eigenvalue weighted by molar-refractivity contribution is -0.120. The molecule has 2 amide bonds. The fraction of sp³-hybridized carbons (Fsp3) is 0.105. The lowest BCUT2D eigenvalue weighted by Crippen LogP contribution is -2.35. The second-order valence-electron chi connectivity index (χ2n) is 5.92. The minimum atomic E-state index is -0.253. The zero-order chi connectivity index (χ0) is 19.0. The highest BCUT2D eigenvalue weighted by atomic mass is 35.5. The van der Waals surface area contributed by atoms with Gasteiger partial charge in [-0.25, -0.2) is 4.98 Å². The van der Waals surface area contributed by atoms with Crippen molar-refractivity contribution in [3.63, 3.8) is 0 Å². The molecule has 2 heterocycles. The first-order valence-electron chi connectivity index (χ1n) is 8.07. The number of fused-ring (bicyclic) bond motifs is 1. The highest BCUT2D eigenvalue weighted by molar-refractivity contribution is 7.14. The van der Waals surface area contributed by atoms with Crippen LogP contribution in [0.3, 0.4) is 0 Å². The number of hydrogen-bond acceptors (Lipinski definition) is 5. The van der Waals surface area contributed by atoms with E-state index in [1.54, 1.807) is 36.2 Å². The van der Waals surface area contributed by atoms with Crippen LogP contribution in [0.1, 0.15) is 10.4 Å². The Balaban J connectivity index is 1.55. The number of carbonyl (C=O) groups is 2. The first-order valence-corrected chi connectivity index (χ1v) is 9.33. The number of rotatable bonds is 3. The van der Waals surface area contributed by atoms with Crippen LogP contribution in [0.4, 0.5) is 10.8 Å². The molecule has 1 aliphatic heterocycles. The van der Waals surface area contributed by atoms with Gasteiger partial charge < -0.3 is 9.64 Å². The quantitative estimate of drug-likeness (QED) is 0.720. The number of thiazole rings is 1. The monoisotopic (exact) mass is 399 g/mol. The van der Waals surface area contributed by atoms with Gasteiger partial charge in [0.2, 0.25) is 0 Å². The van der Waals surface area contributed by atoms with Gasteiger partial charge in [-0.3, -0.25) is 14.9 Å². The Hall–Kier alpha value is -2.90. The summed E-state index contributed by atoms with van der Waals surface area (Å²) in [6.07, 6.45) is 0. The number of likely N-dealkylation sites (N-methyl/N-ethyl adjacent to an activating group) is 1. The maximum Gasteiger partial charge on any atom is 0.264 e. The third-order valence-electron chi connectivity index (χ3n) is 4.17. The molecule has 0 unspecified atom stereocenters. The average molecular weight is 400 g/mol. The summed E-state index contributed by atoms with van der Waals surface area (Å²) in [5.41, 5.74) is 2.74. The van der Waals surface area contributed by atoms with Crippen LogP contribution in [0, 0.1) is 0 Å². The van der Waals surface area contributed by atoms with Gasteiger partial charge in [-0.15, -0.1) is 11.3 Å². The van der Waals surface area contributed by atoms with E-state index < -0.39 is 0 Å². The summed E-state index contributed by atoms with van der Waals surface area (Å²) in [5, 5.41) is 5.70. The van der Waals surface area contributed by atoms with Gasteiger partial charge >= 0.3 is 0 Å². The number of ether oxygens (including phenoxy) is 1. The number of halogens is 1. The van der Waals surface area contributed by atoms with Gasteiger partial charge in [-0.05, 0) is 42.5 Å². The van der Waals surface area contributed by atoms with Crippen LogP contribution in [0.25, 0.3) is 11.3 Å². The molecule has 0 saturated heterocycles. The van der Waals surface area contributed by atoms with Gasteiger partial charge in [0, 0.05) is 28.6 Å². The fourth-order valence-corrected chi connectivity index (χ4v) is 3.51. The summed E-state index contributed by atoms with van der Waals surface area (Å²) >= 11 is 7.17. The maximum absolute atomic E-state index is 12.3. The van der Waals surface area contributed by atoms with E-state index in [4.69, 9.17) is 16.3 Å². The summed E-state index contributed by atoms with van der Waals surface area (Å²) in [7, 11) is 1.71. The third kappa shape index (κ3) is 3.51. The number of nitrogens with one attached hydrogen (secondary N) is 1. The van der Waals surface area contributed by atoms with E-state index in [1.807, 2.05) is 23.6 Å². The Morgan fingerprint density at radius 3 is 2.81 bits per heavy atom. The van der Waals surface area contributed by atoms with Crippen molar-refractivity contribution in [2.24, 2.45) is 0 Å². The first kappa shape index (κ1) is 17.5. The molecule has 1 N–H and O–H groups in total. The Labute approximate surface area is 164 Å². The van der Waals surface area contributed by atoms with E-state index in [0.717, 1.165) is 5.56 Å². The van der Waals surface area contributed by atoms with Crippen LogP contribution in [0.2, 0.25) is 5.02 Å². The minimum absolute atomic E-state index is 0.0421. The molecule has 0 bridgehead atoms. The smallest absolute Gasteiger partial charge is 0.264 e. The molecule has 136 valence electrons. The zero-order valence-electron chi connectivity index (χ0n) is 14.2. The van der Waals surface area contributed by atoms with Crippen molar-refractivity contribution in [1.29, 1.82) is 0 Å². The number of anilines is 2. The Kier molecular flexibility index (Phi) is 4.55. The maximum atomic E-state index is 12.3. The molecule has 6 nitrogen and oxygen atoms in total. The van der Waals surface area contributed by atoms with Crippen molar-refractivity contribution in [2.45, 2.75) is 0 Å². The highest BCUT2D eigenvalue weighted by Crippen LogP contribution is 2.36. The van der Waals surface area contributed by atoms with Crippen LogP contribution < -0.4 is 15.0 Å². The summed E-state index contributed by atoms with van der Waals surface area (Å²) in [5.74, 6) is 0.304. The molecule has 27 heavy (non-hydrogen) atoms. The molecule has 1 aliphatic rings. The first-order chi connectivity index (χ1) is 13.0. The molecule has 0 spiro atoms. The van der Waals surface area contributed by atoms with E-state index in [-0.39, 0.29) is 18.4 Å². The molecular formula is C19H14ClN3O3S. The number of aromatic nitrogens is 1. The molecule has 3 aromatic rings. The number of carbonyl (C=O) groups excluding carboxylic acids is 2. The Morgan fingerprint density at radius 2 is 2.04 bits per heavy atom. The topological polar surface area (TPSA) is 71.5 Å². The molecule has 8 heteroatoms. The predicted octanol–water partition coefficient (Wildman–Crippen LogP) is 4.07. The van der Waals surface area contributed by atoms with Crippen LogP contribution in [-0.4, -0.2) is 30.5 Å². The van der Waals surface area contributed by atoms with Crippen molar-refractivity contribution in [3.05, 3.63) is 58.4 Å². The zero-order valence-corrected chi connectivity index (χ0v) is 15.8. The van der Waals surface area contributed by atoms with Crippen LogP contribution >= 0.6 is 22.9 Å². The predicted molar refractivity (Wildman–Crippen MR) is 106 cm³/mol. The largest absolute Gasteiger partial charge is 0.482 e. The van der Waals surface area contributed by atoms with Crippen molar-refractivity contribution in [3.8, 4) is 17.0 Å². The molecule has 0 saturated carbocycles. The fourth-order valence-electron chi connectivity index (χ4n) is 2.67. The van der Waals surface area contributed by atoms with E-state index in [2.05, 4.69) is 10.3 Å². The molecular weight excluding hydrogens is 386 g/mol. The van der Waals surface area contributed by atoms with E-state index in [9.17, 15) is 9.59 Å². The molecule has 4 rings (SSSR count). The Morgan fingerprint density at radius 1 is 1.26 bits per heavy atom. The second-order valence-corrected chi connectivity index (χ2v) is 7.22. The van der Waals surface area contributed by atoms with Crippen LogP contribution in [-0.2, 0) is 4.79 Å². The summed E-state index contributed by atoms with van der Waals surface area (Å²) in [6, 6.07) is 12.2. The number of nitrogens with zero attached hydrogens (tertiary/aromatic N) is 2. The van der Waals surface area contributed by atoms with Crippen LogP contribution in [0.15, 0.2) is 47.8 Å². The minimum Gasteiger partial charge on any atom is -0.482 e. The van der Waals surface area contributed by atoms with Crippen molar-refractivity contribution in [2.75, 3.05) is 23.9 Å². The summed E-state index contributed by atoms with van der Waals surface area (Å²) in [4.78, 5) is 30.2. The van der Waals surface area contributed by atoms with Crippen LogP contribution in [0.5, 0.6) is 5.75 Å². The number of amides is 2. The summed E-state index contributed by atoms with van der Waals surface area (Å²) < 4.78 is 5.44. The third-order valence-corrected chi connectivity index (χ3v) is 5.18. The Bertz CT molecular complexity index is 1030. The van der Waals surface area contributed by atoms with E-state index in [0.29, 0.717) is 32.8 Å². The van der Waals surface area contributed by atoms with Gasteiger partial charge in [-0.1, -0.05) is 11.6 Å². The van der Waals surface area contributed by atoms with Crippen molar-refractivity contribution >= 4 is 45.6 Å². The number of hydrogen-bond donors (Lipinski definition) is 1. The average Bonchev–Trinajstić information content (AvgIpc) is 3.13. The molecule has 0 atom stereocenters. The normalized spacial score (nSPS) is 13.1. The number of benzene rings is 2. The van der Waals surface area contributed by atoms with Gasteiger partial charge in [-0.2, -0.15) is 0 Å². The van der Waals surface area contributed by atoms with E-state index in [1.165, 1.54) is 11.3 Å². The van der Waals surface area contributed by atoms with Crippen molar-refractivity contribution in [1.82, 2.24) is 4.98 Å². The lowest BCUT2D eigenvalue weighted by Gasteiger charge is -2.26. The molecule has 2 aromatic carbocycles. The molecule has 1 aromatic heterocycles. The standard InChI is InChI=1S/C19H14ClN3O3S/c1-23-15-8-12(4-7-16(15)26-9-17(23)24)14-10-27-19(21-14)22-18(25)11-2-5-13(20)6-3-11/h2-8,10H,9H2,1H3,(H,21,22,25). The van der Waals surface area contributed by atoms with E-state index >= 15 is 0 Å². The van der Waals surface area contributed by atoms with Gasteiger partial charge in [0.15, 0.2) is 11.7 Å². The van der Waals surface area contributed by atoms with Crippen molar-refractivity contribution < 1.29 is 14.3 Å². The SMILES string of the molecule is CN1C(=O)COc2ccc(-c3csc(NC(=O)c4ccc(Cl)cc4)n3)cc21. The van der Waals surface area contributed by atoms with Gasteiger partial charge in [0.25, 0.3) is 11.8 Å².